The van der Waals surface area contributed by atoms with E-state index in [1.165, 1.54) is 82.1 Å². The van der Waals surface area contributed by atoms with Gasteiger partial charge in [0.1, 0.15) is 0 Å². The molecule has 10 aromatic rings. The van der Waals surface area contributed by atoms with Gasteiger partial charge in [-0.05, 0) is 115 Å². The maximum Gasteiger partial charge on any atom is 0.0541 e. The molecule has 0 unspecified atom stereocenters. The molecule has 0 saturated carbocycles. The van der Waals surface area contributed by atoms with E-state index in [9.17, 15) is 0 Å². The van der Waals surface area contributed by atoms with Crippen molar-refractivity contribution in [2.24, 2.45) is 0 Å². The first-order valence-corrected chi connectivity index (χ1v) is 19.9. The maximum absolute atomic E-state index is 2.51. The lowest BCUT2D eigenvalue weighted by molar-refractivity contribution is 0.590. The van der Waals surface area contributed by atoms with E-state index in [1.54, 1.807) is 0 Å². The lowest BCUT2D eigenvalue weighted by Crippen LogP contribution is -2.10. The molecule has 2 heteroatoms. The minimum Gasteiger partial charge on any atom is -0.310 e. The van der Waals surface area contributed by atoms with Crippen LogP contribution in [-0.2, 0) is 10.8 Å². The Hall–Kier alpha value is -6.38. The molecule has 0 atom stereocenters. The zero-order chi connectivity index (χ0) is 38.3. The number of nitrogens with zero attached hydrogens (tertiary/aromatic N) is 2. The number of aromatic nitrogens is 1. The van der Waals surface area contributed by atoms with E-state index in [2.05, 4.69) is 221 Å². The Labute approximate surface area is 329 Å². The van der Waals surface area contributed by atoms with Crippen molar-refractivity contribution in [2.45, 2.75) is 52.4 Å². The van der Waals surface area contributed by atoms with Crippen LogP contribution in [0, 0.1) is 0 Å². The summed E-state index contributed by atoms with van der Waals surface area (Å²) < 4.78 is 2.51. The highest BCUT2D eigenvalue weighted by Gasteiger charge is 2.23. The summed E-state index contributed by atoms with van der Waals surface area (Å²) in [5.41, 5.74) is 12.3. The predicted octanol–water partition coefficient (Wildman–Crippen LogP) is 15.4. The van der Waals surface area contributed by atoms with Crippen LogP contribution in [0.1, 0.15) is 52.7 Å². The van der Waals surface area contributed by atoms with E-state index in [0.717, 1.165) is 17.1 Å². The zero-order valence-corrected chi connectivity index (χ0v) is 33.1. The van der Waals surface area contributed by atoms with Gasteiger partial charge in [-0.1, -0.05) is 151 Å². The van der Waals surface area contributed by atoms with Crippen molar-refractivity contribution in [3.63, 3.8) is 0 Å². The van der Waals surface area contributed by atoms with Crippen molar-refractivity contribution < 1.29 is 0 Å². The lowest BCUT2D eigenvalue weighted by atomic mass is 9.85. The van der Waals surface area contributed by atoms with Gasteiger partial charge in [-0.2, -0.15) is 0 Å². The van der Waals surface area contributed by atoms with Crippen LogP contribution in [0.3, 0.4) is 0 Å². The van der Waals surface area contributed by atoms with Gasteiger partial charge in [0.15, 0.2) is 0 Å². The number of fused-ring (bicyclic) bond motifs is 3. The quantitative estimate of drug-likeness (QED) is 0.161. The summed E-state index contributed by atoms with van der Waals surface area (Å²) in [5.74, 6) is 0. The topological polar surface area (TPSA) is 8.17 Å². The van der Waals surface area contributed by atoms with E-state index in [4.69, 9.17) is 0 Å². The van der Waals surface area contributed by atoms with Crippen molar-refractivity contribution in [2.75, 3.05) is 4.90 Å². The van der Waals surface area contributed by atoms with E-state index >= 15 is 0 Å². The molecule has 0 radical (unpaired) electrons. The molecule has 2 nitrogen and oxygen atoms in total. The average molecular weight is 723 g/mol. The number of anilines is 3. The second-order valence-electron chi connectivity index (χ2n) is 17.5. The molecule has 0 saturated heterocycles. The van der Waals surface area contributed by atoms with Crippen molar-refractivity contribution in [1.82, 2.24) is 4.57 Å². The monoisotopic (exact) mass is 722 g/mol. The van der Waals surface area contributed by atoms with Crippen LogP contribution in [-0.4, -0.2) is 4.57 Å². The van der Waals surface area contributed by atoms with Crippen LogP contribution in [0.15, 0.2) is 170 Å². The fraction of sp³-hybridized carbons (Fsp3) is 0.148. The smallest absolute Gasteiger partial charge is 0.0541 e. The minimum absolute atomic E-state index is 0.0481. The van der Waals surface area contributed by atoms with Crippen LogP contribution in [0.25, 0.3) is 70.9 Å². The number of rotatable bonds is 5. The number of hydrogen-bond acceptors (Lipinski definition) is 1. The predicted molar refractivity (Wildman–Crippen MR) is 242 cm³/mol. The molecule has 0 aliphatic heterocycles. The third-order valence-corrected chi connectivity index (χ3v) is 11.8. The normalized spacial score (nSPS) is 12.5. The molecule has 1 aromatic heterocycles. The third kappa shape index (κ3) is 5.46. The summed E-state index contributed by atoms with van der Waals surface area (Å²) in [6, 6.07) is 63.2. The SMILES string of the molecule is CC(C)(C)c1ccc2c(c1)c1cc(C(C)(C)C)ccc1n2-c1ccc2ccc3c(N(c4ccccc4)c4ccc(-c5ccccc5)cc4)ccc4ccc1c2c43. The molecule has 0 amide bonds. The third-order valence-electron chi connectivity index (χ3n) is 11.8. The van der Waals surface area contributed by atoms with Gasteiger partial charge in [0.05, 0.1) is 22.4 Å². The largest absolute Gasteiger partial charge is 0.310 e. The van der Waals surface area contributed by atoms with Crippen molar-refractivity contribution >= 4 is 71.2 Å². The van der Waals surface area contributed by atoms with Gasteiger partial charge in [-0.25, -0.2) is 0 Å². The first-order valence-electron chi connectivity index (χ1n) is 19.9. The highest BCUT2D eigenvalue weighted by atomic mass is 15.1. The van der Waals surface area contributed by atoms with Crippen LogP contribution >= 0.6 is 0 Å². The van der Waals surface area contributed by atoms with Crippen molar-refractivity contribution in [1.29, 1.82) is 0 Å². The van der Waals surface area contributed by atoms with Crippen LogP contribution in [0.2, 0.25) is 0 Å². The standard InChI is InChI=1S/C54H46N2/c1-53(2,3)39-23-31-49-45(33-39)46-34-40(54(4,5)6)24-32-50(46)56(49)48-30-22-38-19-27-43-47(29-21-37-20-28-44(48)52(38)51(37)43)55(41-15-11-8-12-16-41)42-25-17-36(18-26-42)35-13-9-7-10-14-35/h7-34H,1-6H3. The van der Waals surface area contributed by atoms with Crippen LogP contribution in [0.4, 0.5) is 17.1 Å². The Kier molecular flexibility index (Phi) is 7.67. The molecule has 56 heavy (non-hydrogen) atoms. The van der Waals surface area contributed by atoms with Crippen LogP contribution in [0.5, 0.6) is 0 Å². The molecule has 0 spiro atoms. The molecular weight excluding hydrogens is 677 g/mol. The molecule has 0 bridgehead atoms. The fourth-order valence-electron chi connectivity index (χ4n) is 8.81. The summed E-state index contributed by atoms with van der Waals surface area (Å²) in [6.07, 6.45) is 0. The Morgan fingerprint density at radius 1 is 0.393 bits per heavy atom. The number of para-hydroxylation sites is 1. The van der Waals surface area contributed by atoms with Gasteiger partial charge in [-0.3, -0.25) is 0 Å². The second kappa shape index (κ2) is 12.6. The van der Waals surface area contributed by atoms with E-state index < -0.39 is 0 Å². The summed E-state index contributed by atoms with van der Waals surface area (Å²) in [5, 5.41) is 10.2. The highest BCUT2D eigenvalue weighted by Crippen LogP contribution is 2.46. The van der Waals surface area contributed by atoms with Gasteiger partial charge in [0.25, 0.3) is 0 Å². The molecule has 0 aliphatic carbocycles. The minimum atomic E-state index is 0.0481. The summed E-state index contributed by atoms with van der Waals surface area (Å²) >= 11 is 0. The molecule has 0 fully saturated rings. The van der Waals surface area contributed by atoms with Gasteiger partial charge < -0.3 is 9.47 Å². The molecule has 0 aliphatic rings. The number of benzene rings is 9. The molecular formula is C54H46N2. The van der Waals surface area contributed by atoms with Crippen LogP contribution < -0.4 is 4.90 Å². The highest BCUT2D eigenvalue weighted by molar-refractivity contribution is 6.27. The van der Waals surface area contributed by atoms with Gasteiger partial charge in [-0.15, -0.1) is 0 Å². The molecule has 1 heterocycles. The van der Waals surface area contributed by atoms with E-state index in [-0.39, 0.29) is 10.8 Å². The Balaban J connectivity index is 1.22. The molecule has 9 aromatic carbocycles. The second-order valence-corrected chi connectivity index (χ2v) is 17.5. The average Bonchev–Trinajstić information content (AvgIpc) is 3.54. The Morgan fingerprint density at radius 3 is 1.46 bits per heavy atom. The van der Waals surface area contributed by atoms with E-state index in [1.807, 2.05) is 0 Å². The van der Waals surface area contributed by atoms with Gasteiger partial charge in [0, 0.05) is 32.9 Å². The zero-order valence-electron chi connectivity index (χ0n) is 33.1. The summed E-state index contributed by atoms with van der Waals surface area (Å²) in [6.45, 7) is 13.8. The summed E-state index contributed by atoms with van der Waals surface area (Å²) in [7, 11) is 0. The maximum atomic E-state index is 2.51. The molecule has 0 N–H and O–H groups in total. The lowest BCUT2D eigenvalue weighted by Gasteiger charge is -2.28. The molecule has 10 rings (SSSR count). The first-order chi connectivity index (χ1) is 27.0. The fourth-order valence-corrected chi connectivity index (χ4v) is 8.81. The number of hydrogen-bond donors (Lipinski definition) is 0. The van der Waals surface area contributed by atoms with E-state index in [0.29, 0.717) is 0 Å². The Morgan fingerprint density at radius 2 is 0.875 bits per heavy atom. The Bertz CT molecular complexity index is 2990. The van der Waals surface area contributed by atoms with Gasteiger partial charge in [0.2, 0.25) is 0 Å². The molecule has 272 valence electrons. The first kappa shape index (κ1) is 34.1. The van der Waals surface area contributed by atoms with Crippen molar-refractivity contribution in [3.05, 3.63) is 181 Å². The van der Waals surface area contributed by atoms with Crippen molar-refractivity contribution in [3.8, 4) is 16.8 Å². The van der Waals surface area contributed by atoms with Gasteiger partial charge >= 0.3 is 0 Å². The summed E-state index contributed by atoms with van der Waals surface area (Å²) in [4.78, 5) is 2.41.